The van der Waals surface area contributed by atoms with Crippen LogP contribution in [0.3, 0.4) is 0 Å². The van der Waals surface area contributed by atoms with Crippen LogP contribution < -0.4 is 5.32 Å². The summed E-state index contributed by atoms with van der Waals surface area (Å²) in [6.45, 7) is 0.388. The van der Waals surface area contributed by atoms with Crippen molar-refractivity contribution in [1.82, 2.24) is 5.32 Å². The van der Waals surface area contributed by atoms with Gasteiger partial charge in [0.15, 0.2) is 0 Å². The third-order valence-corrected chi connectivity index (χ3v) is 3.00. The molecule has 1 aliphatic carbocycles. The van der Waals surface area contributed by atoms with Crippen molar-refractivity contribution in [3.8, 4) is 0 Å². The van der Waals surface area contributed by atoms with Gasteiger partial charge in [-0.3, -0.25) is 4.79 Å². The number of hydrogen-bond acceptors (Lipinski definition) is 2. The average molecular weight is 225 g/mol. The fourth-order valence-corrected chi connectivity index (χ4v) is 2.10. The van der Waals surface area contributed by atoms with Gasteiger partial charge in [-0.15, -0.1) is 0 Å². The summed E-state index contributed by atoms with van der Waals surface area (Å²) in [5.74, 6) is 0.499. The highest BCUT2D eigenvalue weighted by Gasteiger charge is 2.26. The second-order valence-electron chi connectivity index (χ2n) is 4.26. The van der Waals surface area contributed by atoms with Gasteiger partial charge in [0.25, 0.3) is 0 Å². The first-order valence-corrected chi connectivity index (χ1v) is 5.70. The monoisotopic (exact) mass is 225 g/mol. The Hall–Kier alpha value is -1.32. The van der Waals surface area contributed by atoms with Gasteiger partial charge < -0.3 is 9.73 Å². The van der Waals surface area contributed by atoms with Gasteiger partial charge in [-0.1, -0.05) is 0 Å². The fourth-order valence-electron chi connectivity index (χ4n) is 2.10. The third-order valence-electron chi connectivity index (χ3n) is 3.00. The zero-order valence-electron chi connectivity index (χ0n) is 9.12. The van der Waals surface area contributed by atoms with Crippen molar-refractivity contribution >= 4 is 5.91 Å². The number of amides is 1. The maximum absolute atomic E-state index is 13.1. The Kier molecular flexibility index (Phi) is 3.59. The van der Waals surface area contributed by atoms with Crippen LogP contribution in [0.4, 0.5) is 4.39 Å². The van der Waals surface area contributed by atoms with E-state index in [2.05, 4.69) is 5.32 Å². The lowest BCUT2D eigenvalue weighted by Crippen LogP contribution is -2.33. The smallest absolute Gasteiger partial charge is 0.223 e. The number of furan rings is 1. The van der Waals surface area contributed by atoms with E-state index in [0.29, 0.717) is 19.4 Å². The van der Waals surface area contributed by atoms with Crippen LogP contribution in [-0.4, -0.2) is 12.1 Å². The Morgan fingerprint density at radius 3 is 3.12 bits per heavy atom. The number of carbonyl (C=O) groups excluding carboxylic acids is 1. The van der Waals surface area contributed by atoms with Gasteiger partial charge in [0, 0.05) is 5.92 Å². The molecule has 3 nitrogen and oxygen atoms in total. The molecule has 2 atom stereocenters. The molecule has 88 valence electrons. The molecule has 1 aromatic rings. The SMILES string of the molecule is O=C(NCc1ccco1)C1CCCC(F)C1. The predicted octanol–water partition coefficient (Wildman–Crippen LogP) is 2.42. The van der Waals surface area contributed by atoms with Crippen LogP contribution in [0.5, 0.6) is 0 Å². The first kappa shape index (κ1) is 11.2. The molecule has 1 heterocycles. The molecule has 2 rings (SSSR count). The molecule has 0 radical (unpaired) electrons. The van der Waals surface area contributed by atoms with Crippen molar-refractivity contribution in [3.05, 3.63) is 24.2 Å². The zero-order chi connectivity index (χ0) is 11.4. The molecule has 0 aliphatic heterocycles. The zero-order valence-corrected chi connectivity index (χ0v) is 9.12. The summed E-state index contributed by atoms with van der Waals surface area (Å²) in [7, 11) is 0. The molecule has 1 N–H and O–H groups in total. The highest BCUT2D eigenvalue weighted by molar-refractivity contribution is 5.78. The maximum atomic E-state index is 13.1. The van der Waals surface area contributed by atoms with Gasteiger partial charge in [0.05, 0.1) is 12.8 Å². The molecular weight excluding hydrogens is 209 g/mol. The second-order valence-corrected chi connectivity index (χ2v) is 4.26. The summed E-state index contributed by atoms with van der Waals surface area (Å²) in [5.41, 5.74) is 0. The van der Waals surface area contributed by atoms with Crippen LogP contribution in [-0.2, 0) is 11.3 Å². The van der Waals surface area contributed by atoms with Gasteiger partial charge >= 0.3 is 0 Å². The van der Waals surface area contributed by atoms with E-state index < -0.39 is 6.17 Å². The molecule has 1 amide bonds. The van der Waals surface area contributed by atoms with Crippen molar-refractivity contribution in [2.45, 2.75) is 38.4 Å². The van der Waals surface area contributed by atoms with Crippen molar-refractivity contribution in [1.29, 1.82) is 0 Å². The van der Waals surface area contributed by atoms with Gasteiger partial charge in [-0.05, 0) is 37.8 Å². The first-order chi connectivity index (χ1) is 7.75. The maximum Gasteiger partial charge on any atom is 0.223 e. The first-order valence-electron chi connectivity index (χ1n) is 5.70. The minimum atomic E-state index is -0.812. The highest BCUT2D eigenvalue weighted by atomic mass is 19.1. The van der Waals surface area contributed by atoms with Gasteiger partial charge in [-0.25, -0.2) is 4.39 Å². The third kappa shape index (κ3) is 2.84. The second kappa shape index (κ2) is 5.14. The van der Waals surface area contributed by atoms with Crippen molar-refractivity contribution in [2.75, 3.05) is 0 Å². The van der Waals surface area contributed by atoms with Crippen LogP contribution in [0.2, 0.25) is 0 Å². The van der Waals surface area contributed by atoms with E-state index in [0.717, 1.165) is 18.6 Å². The standard InChI is InChI=1S/C12H16FNO2/c13-10-4-1-3-9(7-10)12(15)14-8-11-5-2-6-16-11/h2,5-6,9-10H,1,3-4,7-8H2,(H,14,15). The van der Waals surface area contributed by atoms with Crippen molar-refractivity contribution in [2.24, 2.45) is 5.92 Å². The molecule has 16 heavy (non-hydrogen) atoms. The molecule has 2 unspecified atom stereocenters. The molecular formula is C12H16FNO2. The molecule has 0 aromatic carbocycles. The van der Waals surface area contributed by atoms with Crippen LogP contribution in [0.1, 0.15) is 31.4 Å². The summed E-state index contributed by atoms with van der Waals surface area (Å²) >= 11 is 0. The van der Waals surface area contributed by atoms with Crippen LogP contribution in [0.15, 0.2) is 22.8 Å². The largest absolute Gasteiger partial charge is 0.467 e. The number of hydrogen-bond donors (Lipinski definition) is 1. The summed E-state index contributed by atoms with van der Waals surface area (Å²) in [6.07, 6.45) is 3.32. The Labute approximate surface area is 94.0 Å². The van der Waals surface area contributed by atoms with Gasteiger partial charge in [0.1, 0.15) is 11.9 Å². The lowest BCUT2D eigenvalue weighted by atomic mass is 9.87. The Bertz CT molecular complexity index is 337. The van der Waals surface area contributed by atoms with Crippen molar-refractivity contribution in [3.63, 3.8) is 0 Å². The van der Waals surface area contributed by atoms with E-state index in [4.69, 9.17) is 4.42 Å². The highest BCUT2D eigenvalue weighted by Crippen LogP contribution is 2.26. The predicted molar refractivity (Wildman–Crippen MR) is 57.4 cm³/mol. The van der Waals surface area contributed by atoms with Gasteiger partial charge in [0.2, 0.25) is 5.91 Å². The Morgan fingerprint density at radius 2 is 2.44 bits per heavy atom. The van der Waals surface area contributed by atoms with Crippen LogP contribution >= 0.6 is 0 Å². The number of alkyl halides is 1. The number of halogens is 1. The molecule has 1 aromatic heterocycles. The Balaban J connectivity index is 1.79. The number of rotatable bonds is 3. The van der Waals surface area contributed by atoms with E-state index in [9.17, 15) is 9.18 Å². The normalized spacial score (nSPS) is 25.3. The molecule has 1 saturated carbocycles. The molecule has 0 bridgehead atoms. The quantitative estimate of drug-likeness (QED) is 0.858. The van der Waals surface area contributed by atoms with Crippen molar-refractivity contribution < 1.29 is 13.6 Å². The lowest BCUT2D eigenvalue weighted by molar-refractivity contribution is -0.126. The van der Waals surface area contributed by atoms with E-state index >= 15 is 0 Å². The summed E-state index contributed by atoms with van der Waals surface area (Å²) in [6, 6.07) is 3.58. The van der Waals surface area contributed by atoms with Gasteiger partial charge in [-0.2, -0.15) is 0 Å². The minimum absolute atomic E-state index is 0.0567. The molecule has 0 saturated heterocycles. The average Bonchev–Trinajstić information content (AvgIpc) is 2.78. The number of nitrogens with one attached hydrogen (secondary N) is 1. The van der Waals surface area contributed by atoms with E-state index in [1.807, 2.05) is 0 Å². The molecule has 1 fully saturated rings. The summed E-state index contributed by atoms with van der Waals surface area (Å²) in [5, 5.41) is 2.78. The topological polar surface area (TPSA) is 42.2 Å². The molecule has 4 heteroatoms. The molecule has 0 spiro atoms. The number of carbonyl (C=O) groups is 1. The van der Waals surface area contributed by atoms with E-state index in [1.54, 1.807) is 18.4 Å². The van der Waals surface area contributed by atoms with E-state index in [1.165, 1.54) is 0 Å². The van der Waals surface area contributed by atoms with Crippen LogP contribution in [0.25, 0.3) is 0 Å². The van der Waals surface area contributed by atoms with E-state index in [-0.39, 0.29) is 11.8 Å². The molecule has 1 aliphatic rings. The Morgan fingerprint density at radius 1 is 1.56 bits per heavy atom. The van der Waals surface area contributed by atoms with Crippen LogP contribution in [0, 0.1) is 5.92 Å². The summed E-state index contributed by atoms with van der Waals surface area (Å²) in [4.78, 5) is 11.7. The fraction of sp³-hybridized carbons (Fsp3) is 0.583. The summed E-state index contributed by atoms with van der Waals surface area (Å²) < 4.78 is 18.2. The minimum Gasteiger partial charge on any atom is -0.467 e. The lowest BCUT2D eigenvalue weighted by Gasteiger charge is -2.23.